The van der Waals surface area contributed by atoms with Crippen molar-refractivity contribution < 1.29 is 37.3 Å². The first-order valence-corrected chi connectivity index (χ1v) is 12.9. The predicted octanol–water partition coefficient (Wildman–Crippen LogP) is 1.70. The van der Waals surface area contributed by atoms with E-state index in [-0.39, 0.29) is 36.6 Å². The Morgan fingerprint density at radius 3 is 2.83 bits per heavy atom. The van der Waals surface area contributed by atoms with Crippen molar-refractivity contribution in [2.24, 2.45) is 5.92 Å². The maximum atomic E-state index is 16.3. The number of nitrogens with one attached hydrogen (secondary N) is 1. The molecule has 0 amide bonds. The second-order valence-corrected chi connectivity index (χ2v) is 10.5. The van der Waals surface area contributed by atoms with Crippen LogP contribution < -0.4 is 15.6 Å². The fourth-order valence-corrected chi connectivity index (χ4v) is 6.08. The number of alkyl halides is 1. The molecule has 2 aliphatic heterocycles. The van der Waals surface area contributed by atoms with E-state index in [9.17, 15) is 9.69 Å². The molecule has 2 saturated heterocycles. The Morgan fingerprint density at radius 1 is 1.43 bits per heavy atom. The van der Waals surface area contributed by atoms with Crippen molar-refractivity contribution in [3.05, 3.63) is 6.33 Å². The van der Waals surface area contributed by atoms with Gasteiger partial charge in [0.15, 0.2) is 29.2 Å². The first-order valence-electron chi connectivity index (χ1n) is 11.4. The number of hydrogen-bond donors (Lipinski definition) is 3. The molecule has 2 fully saturated rings. The first kappa shape index (κ1) is 25.9. The minimum atomic E-state index is -3.84. The fraction of sp³-hybridized carbons (Fsp3) is 0.700. The van der Waals surface area contributed by atoms with Gasteiger partial charge in [-0.1, -0.05) is 13.8 Å². The summed E-state index contributed by atoms with van der Waals surface area (Å²) in [7, 11) is -3.84. The van der Waals surface area contributed by atoms with E-state index in [1.807, 2.05) is 0 Å². The molecule has 4 heterocycles. The third kappa shape index (κ3) is 4.78. The monoisotopic (exact) mass is 517 g/mol. The number of carbonyl (C=O) groups is 1. The lowest BCUT2D eigenvalue weighted by molar-refractivity contribution is -0.146. The van der Waals surface area contributed by atoms with E-state index in [0.717, 1.165) is 0 Å². The number of hydrogen-bond acceptors (Lipinski definition) is 12. The van der Waals surface area contributed by atoms with Crippen LogP contribution in [0.2, 0.25) is 0 Å². The molecule has 35 heavy (non-hydrogen) atoms. The van der Waals surface area contributed by atoms with Crippen LogP contribution in [0, 0.1) is 5.92 Å². The van der Waals surface area contributed by atoms with Gasteiger partial charge in [-0.3, -0.25) is 9.36 Å². The summed E-state index contributed by atoms with van der Waals surface area (Å²) in [5, 5.41) is 2.73. The number of carbonyl (C=O) groups excluding carboxylic acids is 1. The summed E-state index contributed by atoms with van der Waals surface area (Å²) in [6.07, 6.45) is -1.94. The maximum absolute atomic E-state index is 16.3. The molecule has 0 aromatic carbocycles. The highest BCUT2D eigenvalue weighted by Gasteiger charge is 2.67. The lowest BCUT2D eigenvalue weighted by Gasteiger charge is -2.33. The van der Waals surface area contributed by atoms with E-state index >= 15 is 4.39 Å². The molecule has 194 valence electrons. The van der Waals surface area contributed by atoms with Crippen molar-refractivity contribution in [1.82, 2.24) is 24.6 Å². The molecule has 2 aromatic rings. The maximum Gasteiger partial charge on any atom is 0.500 e. The lowest BCUT2D eigenvalue weighted by Crippen LogP contribution is -2.50. The van der Waals surface area contributed by atoms with Crippen molar-refractivity contribution in [2.45, 2.75) is 64.8 Å². The van der Waals surface area contributed by atoms with Crippen LogP contribution in [0.25, 0.3) is 11.2 Å². The predicted molar refractivity (Wildman–Crippen MR) is 123 cm³/mol. The highest BCUT2D eigenvalue weighted by atomic mass is 31.2. The Kier molecular flexibility index (Phi) is 7.15. The van der Waals surface area contributed by atoms with Crippen molar-refractivity contribution in [3.63, 3.8) is 0 Å². The summed E-state index contributed by atoms with van der Waals surface area (Å²) < 4.78 is 45.5. The Labute approximate surface area is 202 Å². The molecular weight excluding hydrogens is 486 g/mol. The Balaban J connectivity index is 1.60. The van der Waals surface area contributed by atoms with Crippen molar-refractivity contribution in [3.8, 4) is 5.88 Å². The van der Waals surface area contributed by atoms with E-state index in [1.54, 1.807) is 27.7 Å². The van der Waals surface area contributed by atoms with Gasteiger partial charge in [0.05, 0.1) is 19.5 Å². The molecule has 13 nitrogen and oxygen atoms in total. The van der Waals surface area contributed by atoms with Gasteiger partial charge >= 0.3 is 14.1 Å². The van der Waals surface area contributed by atoms with E-state index < -0.39 is 44.2 Å². The number of nitrogens with zero attached hydrogens (tertiary/aromatic N) is 4. The van der Waals surface area contributed by atoms with Crippen LogP contribution in [0.5, 0.6) is 5.88 Å². The Morgan fingerprint density at radius 2 is 2.17 bits per heavy atom. The smallest absolute Gasteiger partial charge is 0.476 e. The van der Waals surface area contributed by atoms with Crippen molar-refractivity contribution >= 4 is 31.2 Å². The molecule has 0 spiro atoms. The lowest BCUT2D eigenvalue weighted by atomic mass is 9.98. The number of ether oxygens (including phenoxy) is 3. The number of rotatable bonds is 8. The van der Waals surface area contributed by atoms with Gasteiger partial charge in [0.1, 0.15) is 18.8 Å². The van der Waals surface area contributed by atoms with Gasteiger partial charge < -0.3 is 19.9 Å². The summed E-state index contributed by atoms with van der Waals surface area (Å²) in [4.78, 5) is 35.9. The molecule has 4 rings (SSSR count). The molecule has 0 saturated carbocycles. The molecule has 2 unspecified atom stereocenters. The molecule has 2 aliphatic rings. The third-order valence-corrected chi connectivity index (χ3v) is 7.42. The number of imidazole rings is 1. The zero-order valence-electron chi connectivity index (χ0n) is 20.2. The molecule has 15 heteroatoms. The van der Waals surface area contributed by atoms with E-state index in [4.69, 9.17) is 29.0 Å². The topological polar surface area (TPSA) is 165 Å². The quantitative estimate of drug-likeness (QED) is 0.343. The zero-order valence-corrected chi connectivity index (χ0v) is 21.1. The second kappa shape index (κ2) is 9.68. The van der Waals surface area contributed by atoms with Crippen LogP contribution in [0.3, 0.4) is 0 Å². The third-order valence-electron chi connectivity index (χ3n) is 5.80. The minimum Gasteiger partial charge on any atom is -0.476 e. The number of fused-ring (bicyclic) bond motifs is 2. The molecule has 0 bridgehead atoms. The van der Waals surface area contributed by atoms with Crippen LogP contribution in [-0.2, 0) is 23.3 Å². The van der Waals surface area contributed by atoms with Crippen LogP contribution in [0.1, 0.15) is 40.8 Å². The summed E-state index contributed by atoms with van der Waals surface area (Å²) in [5.74, 6) is -0.718. The van der Waals surface area contributed by atoms with E-state index in [0.29, 0.717) is 12.1 Å². The van der Waals surface area contributed by atoms with Gasteiger partial charge in [-0.2, -0.15) is 23.9 Å². The minimum absolute atomic E-state index is 0.0681. The number of esters is 1. The van der Waals surface area contributed by atoms with Crippen molar-refractivity contribution in [1.29, 1.82) is 0 Å². The SMILES string of the molecule is CCOC(=O)C(N[P+]1(O)OC[C@H]2O[C@@H](n3cnc4c(OCC)nc(N)nc43)[C@](C)(F)[C@@H]2O1)C(C)C. The Hall–Kier alpha value is -2.22. The fourth-order valence-electron chi connectivity index (χ4n) is 4.13. The first-order chi connectivity index (χ1) is 16.5. The summed E-state index contributed by atoms with van der Waals surface area (Å²) in [6, 6.07) is -0.914. The van der Waals surface area contributed by atoms with Gasteiger partial charge in [0.2, 0.25) is 11.8 Å². The van der Waals surface area contributed by atoms with Crippen LogP contribution in [-0.4, -0.2) is 74.1 Å². The molecule has 0 radical (unpaired) electrons. The van der Waals surface area contributed by atoms with Crippen molar-refractivity contribution in [2.75, 3.05) is 25.6 Å². The van der Waals surface area contributed by atoms with Gasteiger partial charge in [0.25, 0.3) is 0 Å². The molecule has 2 aromatic heterocycles. The molecule has 0 aliphatic carbocycles. The Bertz CT molecular complexity index is 1090. The highest BCUT2D eigenvalue weighted by Crippen LogP contribution is 2.62. The largest absolute Gasteiger partial charge is 0.500 e. The normalized spacial score (nSPS) is 31.5. The van der Waals surface area contributed by atoms with Gasteiger partial charge in [-0.15, -0.1) is 5.09 Å². The highest BCUT2D eigenvalue weighted by molar-refractivity contribution is 7.58. The number of nitrogens with two attached hydrogens (primary N) is 1. The average Bonchev–Trinajstić information content (AvgIpc) is 3.30. The average molecular weight is 517 g/mol. The molecule has 6 atom stereocenters. The van der Waals surface area contributed by atoms with Gasteiger partial charge in [0, 0.05) is 0 Å². The number of nitrogen functional groups attached to an aromatic ring is 1. The second-order valence-electron chi connectivity index (χ2n) is 8.77. The van der Waals surface area contributed by atoms with Gasteiger partial charge in [-0.05, 0) is 26.7 Å². The summed E-state index contributed by atoms with van der Waals surface area (Å²) in [6.45, 7) is 8.63. The molecular formula is C20H31FN6O7P+. The van der Waals surface area contributed by atoms with E-state index in [2.05, 4.69) is 20.0 Å². The van der Waals surface area contributed by atoms with Crippen LogP contribution in [0.4, 0.5) is 10.3 Å². The standard InChI is InChI=1S/C20H31FN6O7P/c1-6-30-16-13-15(24-19(22)25-16)27(9-23-13)18-20(5,21)14-11(33-18)8-32-35(29,34-14)26-12(10(3)4)17(28)31-7-2/h9-12,14,18,26,29H,6-8H2,1-5H3,(H2,22,24,25)/q+1/t11-,12?,14-,18-,20-,35?/m1/s1. The molecule has 4 N–H and O–H groups in total. The summed E-state index contributed by atoms with van der Waals surface area (Å²) >= 11 is 0. The van der Waals surface area contributed by atoms with Crippen LogP contribution >= 0.6 is 8.09 Å². The number of halogens is 1. The van der Waals surface area contributed by atoms with Crippen LogP contribution in [0.15, 0.2) is 6.33 Å². The zero-order chi connectivity index (χ0) is 25.5. The van der Waals surface area contributed by atoms with Gasteiger partial charge in [-0.25, -0.2) is 9.37 Å². The number of aromatic nitrogens is 4. The summed E-state index contributed by atoms with van der Waals surface area (Å²) in [5.41, 5.74) is 4.19. The number of anilines is 1. The van der Waals surface area contributed by atoms with E-state index in [1.165, 1.54) is 17.8 Å².